The van der Waals surface area contributed by atoms with Gasteiger partial charge in [-0.1, -0.05) is 17.7 Å². The Kier molecular flexibility index (Phi) is 5.61. The van der Waals surface area contributed by atoms with Crippen LogP contribution in [-0.2, 0) is 6.54 Å². The molecule has 0 aliphatic rings. The van der Waals surface area contributed by atoms with Gasteiger partial charge in [-0.2, -0.15) is 13.2 Å². The summed E-state index contributed by atoms with van der Waals surface area (Å²) in [5, 5.41) is 2.53. The van der Waals surface area contributed by atoms with E-state index in [1.165, 1.54) is 30.5 Å². The Balaban J connectivity index is 2.05. The molecule has 1 aromatic heterocycles. The third-order valence-corrected chi connectivity index (χ3v) is 3.07. The number of ether oxygens (including phenoxy) is 1. The minimum Gasteiger partial charge on any atom is -0.468 e. The van der Waals surface area contributed by atoms with Crippen LogP contribution in [0.2, 0.25) is 5.02 Å². The first-order chi connectivity index (χ1) is 11.3. The molecule has 9 heteroatoms. The maximum atomic E-state index is 13.7. The van der Waals surface area contributed by atoms with Gasteiger partial charge in [-0.3, -0.25) is 4.79 Å². The minimum absolute atomic E-state index is 0.138. The summed E-state index contributed by atoms with van der Waals surface area (Å²) in [6.45, 7) is -1.68. The van der Waals surface area contributed by atoms with E-state index in [2.05, 4.69) is 15.0 Å². The molecule has 0 saturated heterocycles. The van der Waals surface area contributed by atoms with E-state index in [0.29, 0.717) is 0 Å². The number of halogens is 5. The van der Waals surface area contributed by atoms with E-state index in [1.54, 1.807) is 0 Å². The van der Waals surface area contributed by atoms with Crippen LogP contribution in [0, 0.1) is 5.82 Å². The highest BCUT2D eigenvalue weighted by Gasteiger charge is 2.29. The maximum Gasteiger partial charge on any atom is 0.422 e. The summed E-state index contributed by atoms with van der Waals surface area (Å²) < 4.78 is 54.9. The van der Waals surface area contributed by atoms with Crippen LogP contribution in [0.4, 0.5) is 17.6 Å². The second-order valence-electron chi connectivity index (χ2n) is 4.68. The smallest absolute Gasteiger partial charge is 0.422 e. The minimum atomic E-state index is -4.51. The zero-order valence-electron chi connectivity index (χ0n) is 12.0. The lowest BCUT2D eigenvalue weighted by Gasteiger charge is -2.12. The number of aromatic nitrogens is 1. The van der Waals surface area contributed by atoms with Gasteiger partial charge < -0.3 is 10.1 Å². The Labute approximate surface area is 139 Å². The van der Waals surface area contributed by atoms with Gasteiger partial charge in [0, 0.05) is 23.3 Å². The van der Waals surface area contributed by atoms with Crippen LogP contribution in [0.3, 0.4) is 0 Å². The first-order valence-electron chi connectivity index (χ1n) is 6.63. The highest BCUT2D eigenvalue weighted by atomic mass is 35.5. The summed E-state index contributed by atoms with van der Waals surface area (Å²) >= 11 is 5.60. The zero-order valence-corrected chi connectivity index (χ0v) is 12.8. The molecule has 4 nitrogen and oxygen atoms in total. The zero-order chi connectivity index (χ0) is 17.7. The molecule has 24 heavy (non-hydrogen) atoms. The van der Waals surface area contributed by atoms with Gasteiger partial charge in [-0.25, -0.2) is 9.37 Å². The first kappa shape index (κ1) is 18.0. The Morgan fingerprint density at radius 1 is 1.29 bits per heavy atom. The van der Waals surface area contributed by atoms with Gasteiger partial charge in [0.2, 0.25) is 5.88 Å². The van der Waals surface area contributed by atoms with Gasteiger partial charge >= 0.3 is 6.18 Å². The van der Waals surface area contributed by atoms with Crippen molar-refractivity contribution in [2.45, 2.75) is 12.7 Å². The molecule has 0 saturated carbocycles. The first-order valence-corrected chi connectivity index (χ1v) is 7.01. The second-order valence-corrected chi connectivity index (χ2v) is 5.11. The normalized spacial score (nSPS) is 11.2. The van der Waals surface area contributed by atoms with Crippen LogP contribution in [0.1, 0.15) is 15.9 Å². The molecule has 0 aliphatic heterocycles. The summed E-state index contributed by atoms with van der Waals surface area (Å²) in [6.07, 6.45) is -3.25. The second kappa shape index (κ2) is 7.48. The molecule has 0 bridgehead atoms. The number of amides is 1. The Hall–Kier alpha value is -2.35. The summed E-state index contributed by atoms with van der Waals surface area (Å²) in [4.78, 5) is 15.6. The molecule has 1 aromatic carbocycles. The number of pyridine rings is 1. The van der Waals surface area contributed by atoms with Crippen molar-refractivity contribution >= 4 is 17.5 Å². The van der Waals surface area contributed by atoms with E-state index >= 15 is 0 Å². The number of alkyl halides is 3. The number of hydrogen-bond donors (Lipinski definition) is 1. The van der Waals surface area contributed by atoms with Crippen molar-refractivity contribution in [3.05, 3.63) is 58.5 Å². The monoisotopic (exact) mass is 362 g/mol. The highest BCUT2D eigenvalue weighted by molar-refractivity contribution is 6.30. The lowest BCUT2D eigenvalue weighted by Crippen LogP contribution is -2.25. The van der Waals surface area contributed by atoms with Gasteiger partial charge in [0.1, 0.15) is 5.82 Å². The molecule has 1 amide bonds. The summed E-state index contributed by atoms with van der Waals surface area (Å²) in [5.41, 5.74) is -0.00878. The van der Waals surface area contributed by atoms with Crippen molar-refractivity contribution < 1.29 is 27.1 Å². The van der Waals surface area contributed by atoms with Crippen molar-refractivity contribution in [2.75, 3.05) is 6.61 Å². The third-order valence-electron chi connectivity index (χ3n) is 2.84. The fraction of sp³-hybridized carbons (Fsp3) is 0.200. The molecule has 128 valence electrons. The molecule has 1 heterocycles. The molecular weight excluding hydrogens is 352 g/mol. The number of nitrogens with one attached hydrogen (secondary N) is 1. The number of nitrogens with zero attached hydrogens (tertiary/aromatic N) is 1. The molecule has 0 spiro atoms. The van der Waals surface area contributed by atoms with E-state index in [4.69, 9.17) is 11.6 Å². The van der Waals surface area contributed by atoms with E-state index < -0.39 is 24.5 Å². The van der Waals surface area contributed by atoms with Gasteiger partial charge in [-0.15, -0.1) is 0 Å². The summed E-state index contributed by atoms with van der Waals surface area (Å²) in [7, 11) is 0. The number of carbonyl (C=O) groups is 1. The standard InChI is InChI=1S/C15H11ClF4N2O2/c16-10-3-4-11(12(17)6-10)13(23)22-7-9-2-1-5-21-14(9)24-8-15(18,19)20/h1-6H,7-8H2,(H,22,23). The fourth-order valence-corrected chi connectivity index (χ4v) is 1.94. The van der Waals surface area contributed by atoms with Crippen molar-refractivity contribution in [3.63, 3.8) is 0 Å². The molecule has 0 unspecified atom stereocenters. The molecule has 0 aliphatic carbocycles. The van der Waals surface area contributed by atoms with Crippen LogP contribution < -0.4 is 10.1 Å². The van der Waals surface area contributed by atoms with Crippen molar-refractivity contribution in [3.8, 4) is 5.88 Å². The molecular formula is C15H11ClF4N2O2. The SMILES string of the molecule is O=C(NCc1cccnc1OCC(F)(F)F)c1ccc(Cl)cc1F. The molecule has 1 N–H and O–H groups in total. The van der Waals surface area contributed by atoms with Gasteiger partial charge in [0.25, 0.3) is 5.91 Å². The average Bonchev–Trinajstić information content (AvgIpc) is 2.50. The van der Waals surface area contributed by atoms with E-state index in [1.807, 2.05) is 0 Å². The van der Waals surface area contributed by atoms with Gasteiger partial charge in [0.05, 0.1) is 5.56 Å². The third kappa shape index (κ3) is 5.09. The van der Waals surface area contributed by atoms with Crippen LogP contribution in [0.25, 0.3) is 0 Å². The maximum absolute atomic E-state index is 13.7. The number of carbonyl (C=O) groups excluding carboxylic acids is 1. The molecule has 0 atom stereocenters. The van der Waals surface area contributed by atoms with Crippen LogP contribution in [0.15, 0.2) is 36.5 Å². The van der Waals surface area contributed by atoms with Crippen molar-refractivity contribution in [1.82, 2.24) is 10.3 Å². The number of hydrogen-bond acceptors (Lipinski definition) is 3. The Morgan fingerprint density at radius 3 is 2.71 bits per heavy atom. The topological polar surface area (TPSA) is 51.2 Å². The predicted octanol–water partition coefficient (Wildman–Crippen LogP) is 3.75. The van der Waals surface area contributed by atoms with Crippen molar-refractivity contribution in [2.24, 2.45) is 0 Å². The van der Waals surface area contributed by atoms with E-state index in [0.717, 1.165) is 6.07 Å². The van der Waals surface area contributed by atoms with Crippen molar-refractivity contribution in [1.29, 1.82) is 0 Å². The Bertz CT molecular complexity index is 738. The largest absolute Gasteiger partial charge is 0.468 e. The molecule has 0 radical (unpaired) electrons. The Morgan fingerprint density at radius 2 is 2.04 bits per heavy atom. The van der Waals surface area contributed by atoms with E-state index in [-0.39, 0.29) is 28.6 Å². The molecule has 2 rings (SSSR count). The lowest BCUT2D eigenvalue weighted by atomic mass is 10.2. The summed E-state index contributed by atoms with van der Waals surface area (Å²) in [5.74, 6) is -1.80. The predicted molar refractivity (Wildman–Crippen MR) is 78.4 cm³/mol. The van der Waals surface area contributed by atoms with E-state index in [9.17, 15) is 22.4 Å². The van der Waals surface area contributed by atoms with Gasteiger partial charge in [-0.05, 0) is 24.3 Å². The number of rotatable bonds is 5. The lowest BCUT2D eigenvalue weighted by molar-refractivity contribution is -0.154. The average molecular weight is 363 g/mol. The van der Waals surface area contributed by atoms with Crippen LogP contribution >= 0.6 is 11.6 Å². The number of benzene rings is 1. The summed E-state index contributed by atoms with van der Waals surface area (Å²) in [6, 6.07) is 6.46. The molecule has 0 fully saturated rings. The highest BCUT2D eigenvalue weighted by Crippen LogP contribution is 2.20. The van der Waals surface area contributed by atoms with Crippen LogP contribution in [-0.4, -0.2) is 23.7 Å². The molecule has 2 aromatic rings. The quantitative estimate of drug-likeness (QED) is 0.824. The van der Waals surface area contributed by atoms with Gasteiger partial charge in [0.15, 0.2) is 6.61 Å². The fourth-order valence-electron chi connectivity index (χ4n) is 1.78. The van der Waals surface area contributed by atoms with Crippen LogP contribution in [0.5, 0.6) is 5.88 Å².